The number of halogens is 2. The average Bonchev–Trinajstić information content (AvgIpc) is 0. The SMILES string of the molecule is O.O.[Cl-].[Cl-].[K+].[Os+4]. The van der Waals surface area contributed by atoms with E-state index in [1.54, 1.807) is 0 Å². The molecule has 36 valence electrons. The molecular weight excluding hydrogens is 332 g/mol. The van der Waals surface area contributed by atoms with Crippen LogP contribution >= 0.6 is 0 Å². The summed E-state index contributed by atoms with van der Waals surface area (Å²) in [6.07, 6.45) is 0. The van der Waals surface area contributed by atoms with Crippen LogP contribution in [-0.2, 0) is 19.8 Å². The van der Waals surface area contributed by atoms with E-state index in [4.69, 9.17) is 0 Å². The van der Waals surface area contributed by atoms with Crippen LogP contribution in [0.3, 0.4) is 0 Å². The Balaban J connectivity index is 0. The Hall–Kier alpha value is 2.77. The van der Waals surface area contributed by atoms with E-state index in [2.05, 4.69) is 0 Å². The molecule has 0 aliphatic rings. The van der Waals surface area contributed by atoms with E-state index in [-0.39, 0.29) is 107 Å². The van der Waals surface area contributed by atoms with E-state index in [0.29, 0.717) is 0 Å². The van der Waals surface area contributed by atoms with Gasteiger partial charge in [0.1, 0.15) is 0 Å². The van der Waals surface area contributed by atoms with Gasteiger partial charge in [0.15, 0.2) is 0 Å². The van der Waals surface area contributed by atoms with Gasteiger partial charge in [0, 0.05) is 0 Å². The third-order valence-electron chi connectivity index (χ3n) is 0. The van der Waals surface area contributed by atoms with Gasteiger partial charge in [-0.3, -0.25) is 0 Å². The molecule has 2 nitrogen and oxygen atoms in total. The maximum absolute atomic E-state index is 0. The van der Waals surface area contributed by atoms with Gasteiger partial charge >= 0.3 is 71.2 Å². The van der Waals surface area contributed by atoms with Crippen molar-refractivity contribution in [3.8, 4) is 0 Å². The smallest absolute Gasteiger partial charge is 1.00 e. The first-order valence-electron chi connectivity index (χ1n) is 0. The molecule has 0 fully saturated rings. The van der Waals surface area contributed by atoms with Crippen molar-refractivity contribution in [2.24, 2.45) is 0 Å². The predicted octanol–water partition coefficient (Wildman–Crippen LogP) is -10.6. The van der Waals surface area contributed by atoms with Crippen LogP contribution in [0.2, 0.25) is 0 Å². The summed E-state index contributed by atoms with van der Waals surface area (Å²) in [4.78, 5) is 0. The van der Waals surface area contributed by atoms with Gasteiger partial charge in [0.25, 0.3) is 0 Å². The van der Waals surface area contributed by atoms with Gasteiger partial charge in [-0.25, -0.2) is 0 Å². The fourth-order valence-electron chi connectivity index (χ4n) is 0. The topological polar surface area (TPSA) is 63.0 Å². The Morgan fingerprint density at radius 2 is 0.667 bits per heavy atom. The Kier molecular flexibility index (Phi) is 533. The summed E-state index contributed by atoms with van der Waals surface area (Å²) in [6.45, 7) is 0. The number of hydrogen-bond acceptors (Lipinski definition) is 0. The van der Waals surface area contributed by atoms with Gasteiger partial charge in [0.05, 0.1) is 0 Å². The van der Waals surface area contributed by atoms with Crippen LogP contribution in [0.1, 0.15) is 0 Å². The van der Waals surface area contributed by atoms with E-state index < -0.39 is 0 Å². The molecule has 6 heteroatoms. The summed E-state index contributed by atoms with van der Waals surface area (Å²) in [5, 5.41) is 0. The third kappa shape index (κ3) is 29.4. The quantitative estimate of drug-likeness (QED) is 0.395. The minimum absolute atomic E-state index is 0. The van der Waals surface area contributed by atoms with E-state index in [1.165, 1.54) is 0 Å². The average molecular weight is 336 g/mol. The normalized spacial score (nSPS) is 0. The molecular formula is H4Cl2KO2Os+3. The van der Waals surface area contributed by atoms with Gasteiger partial charge in [-0.1, -0.05) is 0 Å². The van der Waals surface area contributed by atoms with E-state index >= 15 is 0 Å². The van der Waals surface area contributed by atoms with Crippen molar-refractivity contribution in [1.29, 1.82) is 0 Å². The Morgan fingerprint density at radius 3 is 0.667 bits per heavy atom. The molecule has 0 bridgehead atoms. The monoisotopic (exact) mass is 337 g/mol. The molecule has 4 N–H and O–H groups in total. The van der Waals surface area contributed by atoms with Crippen LogP contribution in [0.4, 0.5) is 0 Å². The zero-order valence-electron chi connectivity index (χ0n) is 3.11. The molecule has 0 rings (SSSR count). The number of rotatable bonds is 0. The molecule has 0 aliphatic heterocycles. The minimum Gasteiger partial charge on any atom is -1.00 e. The summed E-state index contributed by atoms with van der Waals surface area (Å²) in [5.41, 5.74) is 0. The van der Waals surface area contributed by atoms with Crippen LogP contribution in [-0.4, -0.2) is 11.0 Å². The van der Waals surface area contributed by atoms with Gasteiger partial charge in [-0.15, -0.1) is 0 Å². The Labute approximate surface area is 105 Å². The van der Waals surface area contributed by atoms with Crippen LogP contribution in [0, 0.1) is 0 Å². The second kappa shape index (κ2) is 46.4. The molecule has 0 heterocycles. The first-order chi connectivity index (χ1) is 0. The molecule has 6 heavy (non-hydrogen) atoms. The van der Waals surface area contributed by atoms with Crippen molar-refractivity contribution in [3.63, 3.8) is 0 Å². The molecule has 0 aromatic carbocycles. The van der Waals surface area contributed by atoms with Crippen LogP contribution < -0.4 is 76.2 Å². The van der Waals surface area contributed by atoms with Crippen molar-refractivity contribution < 1.29 is 107 Å². The van der Waals surface area contributed by atoms with E-state index in [9.17, 15) is 0 Å². The van der Waals surface area contributed by atoms with Crippen LogP contribution in [0.15, 0.2) is 0 Å². The molecule has 0 aromatic rings. The van der Waals surface area contributed by atoms with Gasteiger partial charge in [-0.2, -0.15) is 0 Å². The van der Waals surface area contributed by atoms with Crippen molar-refractivity contribution >= 4 is 0 Å². The largest absolute Gasteiger partial charge is 4.00 e. The maximum Gasteiger partial charge on any atom is 4.00 e. The van der Waals surface area contributed by atoms with Gasteiger partial charge in [0.2, 0.25) is 0 Å². The van der Waals surface area contributed by atoms with Crippen molar-refractivity contribution in [2.45, 2.75) is 0 Å². The van der Waals surface area contributed by atoms with Gasteiger partial charge < -0.3 is 35.8 Å². The summed E-state index contributed by atoms with van der Waals surface area (Å²) >= 11 is 0. The maximum atomic E-state index is 0. The Bertz CT molecular complexity index is 11.5. The van der Waals surface area contributed by atoms with Gasteiger partial charge in [-0.05, 0) is 0 Å². The fourth-order valence-corrected chi connectivity index (χ4v) is 0. The zero-order chi connectivity index (χ0) is 0. The standard InChI is InChI=1S/2ClH.K.2H2O.Os/h2*1H;;2*1H2;/q;;+1;;;+4/p-2. The van der Waals surface area contributed by atoms with E-state index in [0.717, 1.165) is 0 Å². The summed E-state index contributed by atoms with van der Waals surface area (Å²) in [6, 6.07) is 0. The third-order valence-corrected chi connectivity index (χ3v) is 0. The molecule has 0 spiro atoms. The molecule has 0 aliphatic carbocycles. The summed E-state index contributed by atoms with van der Waals surface area (Å²) < 4.78 is 0. The first-order valence-corrected chi connectivity index (χ1v) is 0. The zero-order valence-corrected chi connectivity index (χ0v) is 10.3. The second-order valence-electron chi connectivity index (χ2n) is 0. The first kappa shape index (κ1) is 68.9. The molecule has 0 radical (unpaired) electrons. The molecule has 0 amide bonds. The molecule has 0 aromatic heterocycles. The molecule has 0 unspecified atom stereocenters. The summed E-state index contributed by atoms with van der Waals surface area (Å²) in [5.74, 6) is 0. The van der Waals surface area contributed by atoms with Crippen molar-refractivity contribution in [1.82, 2.24) is 0 Å². The second-order valence-corrected chi connectivity index (χ2v) is 0. The minimum atomic E-state index is 0. The van der Waals surface area contributed by atoms with Crippen LogP contribution in [0.25, 0.3) is 0 Å². The van der Waals surface area contributed by atoms with E-state index in [1.807, 2.05) is 0 Å². The Morgan fingerprint density at radius 1 is 0.667 bits per heavy atom. The predicted molar refractivity (Wildman–Crippen MR) is 7.23 cm³/mol. The molecule has 0 atom stereocenters. The molecule has 0 saturated carbocycles. The fraction of sp³-hybridized carbons (Fsp3) is 0. The van der Waals surface area contributed by atoms with Crippen molar-refractivity contribution in [3.05, 3.63) is 0 Å². The number of hydrogen-bond donors (Lipinski definition) is 0. The summed E-state index contributed by atoms with van der Waals surface area (Å²) in [7, 11) is 0. The molecule has 0 saturated heterocycles. The van der Waals surface area contributed by atoms with Crippen molar-refractivity contribution in [2.75, 3.05) is 0 Å². The van der Waals surface area contributed by atoms with Crippen LogP contribution in [0.5, 0.6) is 0 Å².